The van der Waals surface area contributed by atoms with E-state index in [1.165, 1.54) is 23.9 Å². The van der Waals surface area contributed by atoms with Gasteiger partial charge in [0.15, 0.2) is 0 Å². The Bertz CT molecular complexity index is 702. The molecule has 0 radical (unpaired) electrons. The van der Waals surface area contributed by atoms with Crippen molar-refractivity contribution in [3.63, 3.8) is 0 Å². The van der Waals surface area contributed by atoms with Gasteiger partial charge in [0.2, 0.25) is 0 Å². The third kappa shape index (κ3) is 4.70. The van der Waals surface area contributed by atoms with E-state index >= 15 is 0 Å². The first-order valence-electron chi connectivity index (χ1n) is 7.86. The van der Waals surface area contributed by atoms with Crippen molar-refractivity contribution in [1.29, 1.82) is 0 Å². The van der Waals surface area contributed by atoms with Crippen LogP contribution in [0.15, 0.2) is 53.4 Å². The van der Waals surface area contributed by atoms with E-state index < -0.39 is 11.7 Å². The number of ether oxygens (including phenoxy) is 1. The molecule has 0 amide bonds. The molecule has 7 heteroatoms. The van der Waals surface area contributed by atoms with Gasteiger partial charge in [-0.2, -0.15) is 13.2 Å². The van der Waals surface area contributed by atoms with E-state index in [0.29, 0.717) is 18.2 Å². The second-order valence-electron chi connectivity index (χ2n) is 5.70. The van der Waals surface area contributed by atoms with Gasteiger partial charge >= 0.3 is 6.18 Å². The lowest BCUT2D eigenvalue weighted by Crippen LogP contribution is -2.41. The van der Waals surface area contributed by atoms with Crippen molar-refractivity contribution in [2.45, 2.75) is 22.4 Å². The van der Waals surface area contributed by atoms with Crippen LogP contribution in [0.5, 0.6) is 0 Å². The van der Waals surface area contributed by atoms with Crippen LogP contribution >= 0.6 is 23.4 Å². The highest BCUT2D eigenvalue weighted by molar-refractivity contribution is 7.99. The minimum Gasteiger partial charge on any atom is -0.374 e. The Kier molecular flexibility index (Phi) is 5.94. The van der Waals surface area contributed by atoms with Crippen LogP contribution in [0, 0.1) is 0 Å². The Morgan fingerprint density at radius 2 is 1.84 bits per heavy atom. The zero-order valence-corrected chi connectivity index (χ0v) is 14.8. The van der Waals surface area contributed by atoms with Gasteiger partial charge in [0.05, 0.1) is 23.5 Å². The molecule has 2 aromatic rings. The van der Waals surface area contributed by atoms with Crippen LogP contribution in [0.4, 0.5) is 13.2 Å². The zero-order chi connectivity index (χ0) is 17.9. The van der Waals surface area contributed by atoms with Gasteiger partial charge in [0, 0.05) is 23.0 Å². The van der Waals surface area contributed by atoms with Crippen molar-refractivity contribution in [2.24, 2.45) is 0 Å². The summed E-state index contributed by atoms with van der Waals surface area (Å²) < 4.78 is 45.8. The first-order chi connectivity index (χ1) is 11.9. The van der Waals surface area contributed by atoms with Gasteiger partial charge in [-0.3, -0.25) is 0 Å². The normalized spacial score (nSPS) is 19.6. The lowest BCUT2D eigenvalue weighted by atomic mass is 10.1. The number of rotatable bonds is 4. The molecule has 2 aromatic carbocycles. The first kappa shape index (κ1) is 18.6. The molecule has 2 nitrogen and oxygen atoms in total. The van der Waals surface area contributed by atoms with Gasteiger partial charge in [0.25, 0.3) is 0 Å². The minimum atomic E-state index is -4.39. The summed E-state index contributed by atoms with van der Waals surface area (Å²) in [7, 11) is 0. The first-order valence-corrected chi connectivity index (χ1v) is 9.11. The number of halogens is 4. The van der Waals surface area contributed by atoms with E-state index in [-0.39, 0.29) is 16.2 Å². The molecule has 0 unspecified atom stereocenters. The van der Waals surface area contributed by atoms with E-state index in [4.69, 9.17) is 16.3 Å². The van der Waals surface area contributed by atoms with E-state index in [1.54, 1.807) is 18.2 Å². The van der Waals surface area contributed by atoms with Crippen molar-refractivity contribution in [3.8, 4) is 0 Å². The standard InChI is InChI=1S/C18H17ClF3NOS/c19-13-7-5-12(6-8-13)17(15-11-23-9-10-24-15)25-16-4-2-1-3-14(16)18(20,21)22/h1-8,15,17,23H,9-11H2/t15-,17-/m0/s1. The molecule has 1 heterocycles. The molecule has 0 bridgehead atoms. The second-order valence-corrected chi connectivity index (χ2v) is 7.32. The number of benzene rings is 2. The third-order valence-electron chi connectivity index (χ3n) is 3.94. The topological polar surface area (TPSA) is 21.3 Å². The number of morpholine rings is 1. The highest BCUT2D eigenvalue weighted by Crippen LogP contribution is 2.44. The lowest BCUT2D eigenvalue weighted by Gasteiger charge is -2.31. The zero-order valence-electron chi connectivity index (χ0n) is 13.2. The SMILES string of the molecule is FC(F)(F)c1ccccc1S[C@@H](c1ccc(Cl)cc1)[C@@H]1CNCCO1. The molecule has 0 saturated carbocycles. The number of alkyl halides is 3. The third-order valence-corrected chi connectivity index (χ3v) is 5.63. The summed E-state index contributed by atoms with van der Waals surface area (Å²) in [5, 5.41) is 3.56. The van der Waals surface area contributed by atoms with E-state index in [9.17, 15) is 13.2 Å². The van der Waals surface area contributed by atoms with E-state index in [0.717, 1.165) is 18.2 Å². The summed E-state index contributed by atoms with van der Waals surface area (Å²) in [6.07, 6.45) is -4.61. The minimum absolute atomic E-state index is 0.198. The summed E-state index contributed by atoms with van der Waals surface area (Å²) in [5.74, 6) is 0. The summed E-state index contributed by atoms with van der Waals surface area (Å²) in [6.45, 7) is 1.87. The van der Waals surface area contributed by atoms with E-state index in [1.807, 2.05) is 12.1 Å². The maximum absolute atomic E-state index is 13.3. The van der Waals surface area contributed by atoms with Crippen LogP contribution in [0.1, 0.15) is 16.4 Å². The summed E-state index contributed by atoms with van der Waals surface area (Å²) >= 11 is 7.13. The van der Waals surface area contributed by atoms with Crippen LogP contribution in [-0.4, -0.2) is 25.8 Å². The van der Waals surface area contributed by atoms with Gasteiger partial charge in [-0.1, -0.05) is 35.9 Å². The Hall–Kier alpha value is -1.21. The van der Waals surface area contributed by atoms with Crippen LogP contribution in [0.25, 0.3) is 0 Å². The second kappa shape index (κ2) is 7.99. The molecule has 1 N–H and O–H groups in total. The average molecular weight is 388 g/mol. The van der Waals surface area contributed by atoms with Crippen molar-refractivity contribution < 1.29 is 17.9 Å². The monoisotopic (exact) mass is 387 g/mol. The van der Waals surface area contributed by atoms with E-state index in [2.05, 4.69) is 5.32 Å². The Balaban J connectivity index is 1.94. The largest absolute Gasteiger partial charge is 0.417 e. The summed E-state index contributed by atoms with van der Waals surface area (Å²) in [5.41, 5.74) is 0.266. The van der Waals surface area contributed by atoms with Gasteiger partial charge in [0.1, 0.15) is 0 Å². The van der Waals surface area contributed by atoms with Crippen LogP contribution < -0.4 is 5.32 Å². The van der Waals surface area contributed by atoms with Gasteiger partial charge in [-0.25, -0.2) is 0 Å². The van der Waals surface area contributed by atoms with Crippen molar-refractivity contribution in [1.82, 2.24) is 5.32 Å². The number of hydrogen-bond acceptors (Lipinski definition) is 3. The Labute approximate surface area is 153 Å². The van der Waals surface area contributed by atoms with Crippen molar-refractivity contribution in [3.05, 3.63) is 64.7 Å². The maximum Gasteiger partial charge on any atom is 0.417 e. The molecule has 1 aliphatic heterocycles. The molecule has 0 aromatic heterocycles. The fourth-order valence-electron chi connectivity index (χ4n) is 2.73. The highest BCUT2D eigenvalue weighted by Gasteiger charge is 2.35. The van der Waals surface area contributed by atoms with Crippen LogP contribution in [0.3, 0.4) is 0 Å². The fourth-order valence-corrected chi connectivity index (χ4v) is 4.22. The van der Waals surface area contributed by atoms with Crippen LogP contribution in [-0.2, 0) is 10.9 Å². The quantitative estimate of drug-likeness (QED) is 0.730. The summed E-state index contributed by atoms with van der Waals surface area (Å²) in [6, 6.07) is 12.8. The van der Waals surface area contributed by atoms with Crippen LogP contribution in [0.2, 0.25) is 5.02 Å². The Morgan fingerprint density at radius 1 is 1.12 bits per heavy atom. The molecular weight excluding hydrogens is 371 g/mol. The summed E-state index contributed by atoms with van der Waals surface area (Å²) in [4.78, 5) is 0.198. The van der Waals surface area contributed by atoms with Gasteiger partial charge in [-0.05, 0) is 29.8 Å². The molecular formula is C18H17ClF3NOS. The molecule has 0 spiro atoms. The average Bonchev–Trinajstić information content (AvgIpc) is 2.61. The van der Waals surface area contributed by atoms with Gasteiger partial charge in [-0.15, -0.1) is 11.8 Å². The smallest absolute Gasteiger partial charge is 0.374 e. The molecule has 0 aliphatic carbocycles. The number of hydrogen-bond donors (Lipinski definition) is 1. The number of nitrogens with one attached hydrogen (secondary N) is 1. The number of thioether (sulfide) groups is 1. The molecule has 3 rings (SSSR count). The molecule has 1 fully saturated rings. The van der Waals surface area contributed by atoms with Crippen molar-refractivity contribution >= 4 is 23.4 Å². The predicted molar refractivity (Wildman–Crippen MR) is 94.1 cm³/mol. The lowest BCUT2D eigenvalue weighted by molar-refractivity contribution is -0.139. The molecule has 1 saturated heterocycles. The molecule has 25 heavy (non-hydrogen) atoms. The maximum atomic E-state index is 13.3. The Morgan fingerprint density at radius 3 is 2.48 bits per heavy atom. The molecule has 2 atom stereocenters. The molecule has 1 aliphatic rings. The fraction of sp³-hybridized carbons (Fsp3) is 0.333. The molecule has 134 valence electrons. The highest BCUT2D eigenvalue weighted by atomic mass is 35.5. The van der Waals surface area contributed by atoms with Gasteiger partial charge < -0.3 is 10.1 Å². The van der Waals surface area contributed by atoms with Crippen molar-refractivity contribution in [2.75, 3.05) is 19.7 Å². The predicted octanol–water partition coefficient (Wildman–Crippen LogP) is 5.18.